The quantitative estimate of drug-likeness (QED) is 0.423. The van der Waals surface area contributed by atoms with Crippen molar-refractivity contribution in [1.29, 1.82) is 0 Å². The van der Waals surface area contributed by atoms with Crippen LogP contribution in [0.5, 0.6) is 0 Å². The van der Waals surface area contributed by atoms with Gasteiger partial charge in [0.25, 0.3) is 5.91 Å². The standard InChI is InChI=1S/C20H19N5O2/c1-24-18(10-11-21-24)15-8-5-9-17-16(15)13-25(22-17)19(20(26)23-27)12-14-6-3-2-4-7-14/h2-11,13,19,27H,12H2,1H3,(H,23,26). The Balaban J connectivity index is 1.79. The van der Waals surface area contributed by atoms with E-state index in [2.05, 4.69) is 10.2 Å². The van der Waals surface area contributed by atoms with Crippen LogP contribution >= 0.6 is 0 Å². The highest BCUT2D eigenvalue weighted by molar-refractivity contribution is 5.93. The minimum absolute atomic E-state index is 0.419. The fourth-order valence-corrected chi connectivity index (χ4v) is 3.30. The summed E-state index contributed by atoms with van der Waals surface area (Å²) in [6.07, 6.45) is 4.01. The summed E-state index contributed by atoms with van der Waals surface area (Å²) in [5.74, 6) is -0.506. The first-order valence-corrected chi connectivity index (χ1v) is 8.61. The first-order valence-electron chi connectivity index (χ1n) is 8.61. The second kappa shape index (κ2) is 7.05. The maximum Gasteiger partial charge on any atom is 0.268 e. The number of rotatable bonds is 5. The molecule has 0 saturated heterocycles. The van der Waals surface area contributed by atoms with Crippen molar-refractivity contribution in [2.45, 2.75) is 12.5 Å². The summed E-state index contributed by atoms with van der Waals surface area (Å²) in [6.45, 7) is 0. The summed E-state index contributed by atoms with van der Waals surface area (Å²) in [5, 5.41) is 19.0. The van der Waals surface area contributed by atoms with Crippen molar-refractivity contribution >= 4 is 16.8 Å². The number of nitrogens with one attached hydrogen (secondary N) is 1. The van der Waals surface area contributed by atoms with Gasteiger partial charge in [0.1, 0.15) is 6.04 Å². The van der Waals surface area contributed by atoms with Gasteiger partial charge in [-0.25, -0.2) is 5.48 Å². The lowest BCUT2D eigenvalue weighted by molar-refractivity contribution is -0.132. The second-order valence-corrected chi connectivity index (χ2v) is 6.37. The zero-order valence-electron chi connectivity index (χ0n) is 14.8. The van der Waals surface area contributed by atoms with Gasteiger partial charge >= 0.3 is 0 Å². The predicted molar refractivity (Wildman–Crippen MR) is 101 cm³/mol. The van der Waals surface area contributed by atoms with Gasteiger partial charge < -0.3 is 0 Å². The first kappa shape index (κ1) is 17.0. The van der Waals surface area contributed by atoms with E-state index in [4.69, 9.17) is 0 Å². The van der Waals surface area contributed by atoms with Gasteiger partial charge in [-0.2, -0.15) is 10.2 Å². The topological polar surface area (TPSA) is 85.0 Å². The van der Waals surface area contributed by atoms with Crippen molar-refractivity contribution in [3.63, 3.8) is 0 Å². The zero-order valence-corrected chi connectivity index (χ0v) is 14.8. The first-order chi connectivity index (χ1) is 13.2. The van der Waals surface area contributed by atoms with Gasteiger partial charge in [-0.05, 0) is 17.7 Å². The Labute approximate surface area is 155 Å². The summed E-state index contributed by atoms with van der Waals surface area (Å²) in [5.41, 5.74) is 5.48. The highest BCUT2D eigenvalue weighted by Crippen LogP contribution is 2.29. The van der Waals surface area contributed by atoms with Crippen molar-refractivity contribution in [3.8, 4) is 11.3 Å². The molecule has 2 heterocycles. The maximum absolute atomic E-state index is 12.3. The van der Waals surface area contributed by atoms with E-state index in [1.165, 1.54) is 0 Å². The van der Waals surface area contributed by atoms with E-state index in [1.54, 1.807) is 21.0 Å². The molecule has 0 fully saturated rings. The Morgan fingerprint density at radius 3 is 2.67 bits per heavy atom. The number of nitrogens with zero attached hydrogens (tertiary/aromatic N) is 4. The largest absolute Gasteiger partial charge is 0.289 e. The number of amides is 1. The van der Waals surface area contributed by atoms with Crippen LogP contribution in [0.2, 0.25) is 0 Å². The van der Waals surface area contributed by atoms with Gasteiger partial charge in [0.2, 0.25) is 0 Å². The number of benzene rings is 2. The molecule has 4 aromatic rings. The van der Waals surface area contributed by atoms with Crippen molar-refractivity contribution in [1.82, 2.24) is 25.0 Å². The third kappa shape index (κ3) is 3.20. The van der Waals surface area contributed by atoms with Crippen LogP contribution in [0.1, 0.15) is 11.6 Å². The smallest absolute Gasteiger partial charge is 0.268 e. The molecular weight excluding hydrogens is 342 g/mol. The summed E-state index contributed by atoms with van der Waals surface area (Å²) >= 11 is 0. The number of hydrogen-bond donors (Lipinski definition) is 2. The molecule has 0 aliphatic rings. The molecule has 1 amide bonds. The molecular formula is C20H19N5O2. The zero-order chi connectivity index (χ0) is 18.8. The van der Waals surface area contributed by atoms with Gasteiger partial charge in [-0.3, -0.25) is 19.4 Å². The van der Waals surface area contributed by atoms with Crippen LogP contribution in [0.3, 0.4) is 0 Å². The van der Waals surface area contributed by atoms with Crippen molar-refractivity contribution in [3.05, 3.63) is 72.6 Å². The summed E-state index contributed by atoms with van der Waals surface area (Å²) in [7, 11) is 1.88. The molecule has 2 aromatic carbocycles. The molecule has 1 atom stereocenters. The average Bonchev–Trinajstić information content (AvgIpc) is 3.32. The van der Waals surface area contributed by atoms with Crippen LogP contribution in [0, 0.1) is 0 Å². The van der Waals surface area contributed by atoms with E-state index in [0.29, 0.717) is 6.42 Å². The summed E-state index contributed by atoms with van der Waals surface area (Å²) in [6, 6.07) is 16.8. The van der Waals surface area contributed by atoms with Gasteiger partial charge in [-0.15, -0.1) is 0 Å². The van der Waals surface area contributed by atoms with Crippen LogP contribution in [0.15, 0.2) is 67.0 Å². The van der Waals surface area contributed by atoms with Gasteiger partial charge in [0.05, 0.1) is 11.2 Å². The lowest BCUT2D eigenvalue weighted by Crippen LogP contribution is -2.32. The molecule has 0 aliphatic carbocycles. The molecule has 7 nitrogen and oxygen atoms in total. The molecule has 0 bridgehead atoms. The van der Waals surface area contributed by atoms with Crippen molar-refractivity contribution < 1.29 is 10.0 Å². The summed E-state index contributed by atoms with van der Waals surface area (Å²) in [4.78, 5) is 12.3. The molecule has 0 radical (unpaired) electrons. The fourth-order valence-electron chi connectivity index (χ4n) is 3.30. The van der Waals surface area contributed by atoms with Crippen LogP contribution in [0.4, 0.5) is 0 Å². The summed E-state index contributed by atoms with van der Waals surface area (Å²) < 4.78 is 3.41. The van der Waals surface area contributed by atoms with Gasteiger partial charge in [0.15, 0.2) is 0 Å². The van der Waals surface area contributed by atoms with Crippen LogP contribution in [-0.2, 0) is 18.3 Å². The van der Waals surface area contributed by atoms with E-state index in [9.17, 15) is 10.0 Å². The minimum atomic E-state index is -0.663. The number of aryl methyl sites for hydroxylation is 1. The van der Waals surface area contributed by atoms with Crippen LogP contribution < -0.4 is 5.48 Å². The van der Waals surface area contributed by atoms with E-state index in [1.807, 2.05) is 67.8 Å². The molecule has 0 saturated carbocycles. The normalized spacial score (nSPS) is 12.2. The number of fused-ring (bicyclic) bond motifs is 1. The molecule has 2 aromatic heterocycles. The van der Waals surface area contributed by atoms with Crippen LogP contribution in [0.25, 0.3) is 22.2 Å². The van der Waals surface area contributed by atoms with E-state index in [-0.39, 0.29) is 0 Å². The minimum Gasteiger partial charge on any atom is -0.289 e. The SMILES string of the molecule is Cn1nccc1-c1cccc2nn(C(Cc3ccccc3)C(=O)NO)cc12. The molecule has 1 unspecified atom stereocenters. The maximum atomic E-state index is 12.3. The lowest BCUT2D eigenvalue weighted by atomic mass is 10.1. The molecule has 7 heteroatoms. The van der Waals surface area contributed by atoms with Crippen molar-refractivity contribution in [2.24, 2.45) is 7.05 Å². The van der Waals surface area contributed by atoms with Crippen LogP contribution in [-0.4, -0.2) is 30.7 Å². The number of carbonyl (C=O) groups is 1. The molecule has 2 N–H and O–H groups in total. The molecule has 27 heavy (non-hydrogen) atoms. The molecule has 4 rings (SSSR count). The number of carbonyl (C=O) groups excluding carboxylic acids is 1. The Morgan fingerprint density at radius 1 is 1.15 bits per heavy atom. The van der Waals surface area contributed by atoms with E-state index >= 15 is 0 Å². The Bertz CT molecular complexity index is 1080. The monoisotopic (exact) mass is 361 g/mol. The van der Waals surface area contributed by atoms with Gasteiger partial charge in [0, 0.05) is 36.8 Å². The third-order valence-corrected chi connectivity index (χ3v) is 4.67. The number of hydroxylamine groups is 1. The third-order valence-electron chi connectivity index (χ3n) is 4.67. The predicted octanol–water partition coefficient (Wildman–Crippen LogP) is 2.73. The molecule has 0 aliphatic heterocycles. The molecule has 136 valence electrons. The average molecular weight is 361 g/mol. The van der Waals surface area contributed by atoms with E-state index < -0.39 is 11.9 Å². The Morgan fingerprint density at radius 2 is 1.96 bits per heavy atom. The number of hydrogen-bond acceptors (Lipinski definition) is 4. The highest BCUT2D eigenvalue weighted by atomic mass is 16.5. The highest BCUT2D eigenvalue weighted by Gasteiger charge is 2.23. The molecule has 0 spiro atoms. The Hall–Kier alpha value is -3.45. The number of aromatic nitrogens is 4. The fraction of sp³-hybridized carbons (Fsp3) is 0.150. The second-order valence-electron chi connectivity index (χ2n) is 6.37. The lowest BCUT2D eigenvalue weighted by Gasteiger charge is -2.15. The van der Waals surface area contributed by atoms with Crippen molar-refractivity contribution in [2.75, 3.05) is 0 Å². The Kier molecular flexibility index (Phi) is 4.43. The van der Waals surface area contributed by atoms with Gasteiger partial charge in [-0.1, -0.05) is 42.5 Å². The van der Waals surface area contributed by atoms with E-state index in [0.717, 1.165) is 27.7 Å².